The molecule has 32 heavy (non-hydrogen) atoms. The Balaban J connectivity index is 1.53. The van der Waals surface area contributed by atoms with E-state index in [0.29, 0.717) is 29.4 Å². The number of likely N-dealkylation sites (N-methyl/N-ethyl adjacent to an activating group) is 1. The number of halogens is 1. The summed E-state index contributed by atoms with van der Waals surface area (Å²) < 4.78 is 18.7. The fraction of sp³-hybridized carbons (Fsp3) is 0.227. The second-order valence-corrected chi connectivity index (χ2v) is 7.46. The van der Waals surface area contributed by atoms with Gasteiger partial charge in [0.05, 0.1) is 16.0 Å². The standard InChI is InChI=1S/C22H19FN4O5/c1-26-9-8-18-15(11-26)21(14-4-2-3-5-17(14)25-18)22(29)32-12-20(28)24-13-6-7-16(23)19(10-13)27(30)31/h2-7,10H,8-9,11-12H2,1H3,(H,24,28). The minimum Gasteiger partial charge on any atom is -0.452 e. The van der Waals surface area contributed by atoms with E-state index < -0.39 is 34.9 Å². The van der Waals surface area contributed by atoms with E-state index in [1.165, 1.54) is 6.07 Å². The molecule has 1 aromatic heterocycles. The molecule has 10 heteroatoms. The van der Waals surface area contributed by atoms with Crippen LogP contribution in [-0.4, -0.2) is 46.9 Å². The minimum atomic E-state index is -1.02. The molecule has 1 N–H and O–H groups in total. The molecule has 0 aliphatic carbocycles. The van der Waals surface area contributed by atoms with Gasteiger partial charge in [0.25, 0.3) is 5.91 Å². The predicted octanol–water partition coefficient (Wildman–Crippen LogP) is 3.07. The van der Waals surface area contributed by atoms with Gasteiger partial charge in [0.15, 0.2) is 6.61 Å². The molecule has 9 nitrogen and oxygen atoms in total. The number of hydrogen-bond acceptors (Lipinski definition) is 7. The number of ether oxygens (including phenoxy) is 1. The van der Waals surface area contributed by atoms with Crippen LogP contribution in [0.15, 0.2) is 42.5 Å². The highest BCUT2D eigenvalue weighted by atomic mass is 19.1. The van der Waals surface area contributed by atoms with Gasteiger partial charge >= 0.3 is 11.7 Å². The molecule has 0 saturated carbocycles. The molecule has 2 aromatic carbocycles. The minimum absolute atomic E-state index is 0.0208. The van der Waals surface area contributed by atoms with Crippen molar-refractivity contribution in [2.24, 2.45) is 0 Å². The van der Waals surface area contributed by atoms with Crippen LogP contribution in [0.2, 0.25) is 0 Å². The molecule has 1 aliphatic rings. The Morgan fingerprint density at radius 3 is 2.84 bits per heavy atom. The maximum atomic E-state index is 13.5. The Morgan fingerprint density at radius 2 is 2.06 bits per heavy atom. The Hall–Kier alpha value is -3.92. The zero-order chi connectivity index (χ0) is 22.8. The van der Waals surface area contributed by atoms with E-state index in [2.05, 4.69) is 15.2 Å². The number of carbonyl (C=O) groups excluding carboxylic acids is 2. The van der Waals surface area contributed by atoms with Gasteiger partial charge in [0, 0.05) is 47.9 Å². The zero-order valence-corrected chi connectivity index (χ0v) is 17.1. The predicted molar refractivity (Wildman–Crippen MR) is 114 cm³/mol. The zero-order valence-electron chi connectivity index (χ0n) is 17.1. The Labute approximate surface area is 182 Å². The Morgan fingerprint density at radius 1 is 1.28 bits per heavy atom. The SMILES string of the molecule is CN1CCc2nc3ccccc3c(C(=O)OCC(=O)Nc3ccc(F)c([N+](=O)[O-])c3)c2C1. The van der Waals surface area contributed by atoms with Gasteiger partial charge in [-0.3, -0.25) is 19.9 Å². The van der Waals surface area contributed by atoms with Crippen molar-refractivity contribution in [1.29, 1.82) is 0 Å². The number of benzene rings is 2. The second-order valence-electron chi connectivity index (χ2n) is 7.46. The summed E-state index contributed by atoms with van der Waals surface area (Å²) in [5, 5.41) is 13.9. The number of hydrogen-bond donors (Lipinski definition) is 1. The maximum absolute atomic E-state index is 13.5. The molecule has 0 atom stereocenters. The first kappa shape index (κ1) is 21.3. The number of pyridine rings is 1. The number of amides is 1. The molecular weight excluding hydrogens is 419 g/mol. The van der Waals surface area contributed by atoms with Gasteiger partial charge in [-0.25, -0.2) is 4.79 Å². The van der Waals surface area contributed by atoms with Crippen molar-refractivity contribution in [1.82, 2.24) is 9.88 Å². The van der Waals surface area contributed by atoms with Gasteiger partial charge in [-0.1, -0.05) is 18.2 Å². The van der Waals surface area contributed by atoms with Crippen molar-refractivity contribution in [3.63, 3.8) is 0 Å². The molecule has 0 fully saturated rings. The van der Waals surface area contributed by atoms with Gasteiger partial charge in [0.2, 0.25) is 5.82 Å². The first-order valence-electron chi connectivity index (χ1n) is 9.83. The van der Waals surface area contributed by atoms with Crippen LogP contribution in [-0.2, 0) is 22.5 Å². The van der Waals surface area contributed by atoms with Crippen molar-refractivity contribution < 1.29 is 23.6 Å². The summed E-state index contributed by atoms with van der Waals surface area (Å²) in [4.78, 5) is 42.0. The van der Waals surface area contributed by atoms with Crippen LogP contribution in [0.5, 0.6) is 0 Å². The molecule has 1 amide bonds. The molecule has 0 bridgehead atoms. The largest absolute Gasteiger partial charge is 0.452 e. The molecule has 4 rings (SSSR count). The smallest absolute Gasteiger partial charge is 0.339 e. The van der Waals surface area contributed by atoms with E-state index in [0.717, 1.165) is 29.9 Å². The van der Waals surface area contributed by atoms with Gasteiger partial charge in [0.1, 0.15) is 0 Å². The number of nitro benzene ring substituents is 1. The topological polar surface area (TPSA) is 115 Å². The quantitative estimate of drug-likeness (QED) is 0.370. The molecule has 0 unspecified atom stereocenters. The van der Waals surface area contributed by atoms with Gasteiger partial charge in [-0.05, 0) is 25.2 Å². The molecule has 0 saturated heterocycles. The first-order valence-corrected chi connectivity index (χ1v) is 9.83. The highest BCUT2D eigenvalue weighted by Gasteiger charge is 2.26. The fourth-order valence-corrected chi connectivity index (χ4v) is 3.69. The van der Waals surface area contributed by atoms with Crippen molar-refractivity contribution >= 4 is 34.2 Å². The number of nitrogens with one attached hydrogen (secondary N) is 1. The number of nitro groups is 1. The average molecular weight is 438 g/mol. The van der Waals surface area contributed by atoms with Crippen LogP contribution in [0.1, 0.15) is 21.6 Å². The van der Waals surface area contributed by atoms with E-state index in [-0.39, 0.29) is 5.69 Å². The van der Waals surface area contributed by atoms with Gasteiger partial charge in [-0.15, -0.1) is 0 Å². The van der Waals surface area contributed by atoms with Gasteiger partial charge < -0.3 is 15.0 Å². The van der Waals surface area contributed by atoms with Crippen LogP contribution in [0.4, 0.5) is 15.8 Å². The monoisotopic (exact) mass is 438 g/mol. The lowest BCUT2D eigenvalue weighted by atomic mass is 9.96. The number of para-hydroxylation sites is 1. The second kappa shape index (κ2) is 8.67. The van der Waals surface area contributed by atoms with Crippen molar-refractivity contribution in [2.75, 3.05) is 25.5 Å². The molecule has 3 aromatic rings. The summed E-state index contributed by atoms with van der Waals surface area (Å²) in [6.07, 6.45) is 0.695. The lowest BCUT2D eigenvalue weighted by Gasteiger charge is -2.26. The van der Waals surface area contributed by atoms with Crippen molar-refractivity contribution in [3.8, 4) is 0 Å². The molecule has 0 radical (unpaired) electrons. The summed E-state index contributed by atoms with van der Waals surface area (Å²) in [5.41, 5.74) is 1.91. The van der Waals surface area contributed by atoms with Crippen LogP contribution in [0, 0.1) is 15.9 Å². The van der Waals surface area contributed by atoms with Crippen molar-refractivity contribution in [2.45, 2.75) is 13.0 Å². The van der Waals surface area contributed by atoms with Crippen LogP contribution in [0.25, 0.3) is 10.9 Å². The lowest BCUT2D eigenvalue weighted by molar-refractivity contribution is -0.387. The fourth-order valence-electron chi connectivity index (χ4n) is 3.69. The first-order chi connectivity index (χ1) is 15.3. The summed E-state index contributed by atoms with van der Waals surface area (Å²) in [7, 11) is 1.95. The van der Waals surface area contributed by atoms with Gasteiger partial charge in [-0.2, -0.15) is 4.39 Å². The number of fused-ring (bicyclic) bond motifs is 2. The number of esters is 1. The number of anilines is 1. The molecule has 2 heterocycles. The molecule has 164 valence electrons. The summed E-state index contributed by atoms with van der Waals surface area (Å²) >= 11 is 0. The average Bonchev–Trinajstić information content (AvgIpc) is 2.77. The van der Waals surface area contributed by atoms with Crippen LogP contribution < -0.4 is 5.32 Å². The molecule has 0 spiro atoms. The van der Waals surface area contributed by atoms with E-state index in [4.69, 9.17) is 4.74 Å². The molecular formula is C22H19FN4O5. The summed E-state index contributed by atoms with van der Waals surface area (Å²) in [6, 6.07) is 10.2. The number of carbonyl (C=O) groups is 2. The highest BCUT2D eigenvalue weighted by Crippen LogP contribution is 2.28. The number of rotatable bonds is 5. The van der Waals surface area contributed by atoms with Crippen molar-refractivity contribution in [3.05, 3.63) is 75.2 Å². The van der Waals surface area contributed by atoms with Crippen LogP contribution >= 0.6 is 0 Å². The third kappa shape index (κ3) is 4.26. The summed E-state index contributed by atoms with van der Waals surface area (Å²) in [5.74, 6) is -2.38. The summed E-state index contributed by atoms with van der Waals surface area (Å²) in [6.45, 7) is 0.743. The maximum Gasteiger partial charge on any atom is 0.339 e. The third-order valence-corrected chi connectivity index (χ3v) is 5.20. The highest BCUT2D eigenvalue weighted by molar-refractivity contribution is 6.06. The van der Waals surface area contributed by atoms with Crippen LogP contribution in [0.3, 0.4) is 0 Å². The molecule has 1 aliphatic heterocycles. The van der Waals surface area contributed by atoms with E-state index in [1.807, 2.05) is 19.2 Å². The Bertz CT molecular complexity index is 1250. The van der Waals surface area contributed by atoms with E-state index in [9.17, 15) is 24.1 Å². The normalized spacial score (nSPS) is 13.4. The Kier molecular flexibility index (Phi) is 5.78. The van der Waals surface area contributed by atoms with E-state index in [1.54, 1.807) is 12.1 Å². The third-order valence-electron chi connectivity index (χ3n) is 5.20. The van der Waals surface area contributed by atoms with E-state index >= 15 is 0 Å². The number of aromatic nitrogens is 1. The lowest BCUT2D eigenvalue weighted by Crippen LogP contribution is -2.30. The number of nitrogens with zero attached hydrogens (tertiary/aromatic N) is 3.